The highest BCUT2D eigenvalue weighted by molar-refractivity contribution is 6.33. The van der Waals surface area contributed by atoms with Crippen molar-refractivity contribution in [2.45, 2.75) is 26.8 Å². The summed E-state index contributed by atoms with van der Waals surface area (Å²) in [7, 11) is 0. The van der Waals surface area contributed by atoms with Crippen molar-refractivity contribution < 1.29 is 9.59 Å². The van der Waals surface area contributed by atoms with Crippen LogP contribution in [0, 0.1) is 12.8 Å². The van der Waals surface area contributed by atoms with Crippen LogP contribution in [-0.2, 0) is 9.59 Å². The van der Waals surface area contributed by atoms with Crippen LogP contribution < -0.4 is 16.4 Å². The van der Waals surface area contributed by atoms with Crippen molar-refractivity contribution >= 4 is 29.1 Å². The summed E-state index contributed by atoms with van der Waals surface area (Å²) in [6.07, 6.45) is 0. The molecule has 4 N–H and O–H groups in total. The van der Waals surface area contributed by atoms with Crippen molar-refractivity contribution in [1.82, 2.24) is 5.32 Å². The Kier molecular flexibility index (Phi) is 5.98. The van der Waals surface area contributed by atoms with E-state index in [1.807, 2.05) is 26.8 Å². The van der Waals surface area contributed by atoms with Gasteiger partial charge in [0.15, 0.2) is 0 Å². The SMILES string of the molecule is Cc1cccc(Cl)c1NC(=O)CNC(=O)[C@@H](N)C(C)C. The number of amides is 2. The van der Waals surface area contributed by atoms with Crippen molar-refractivity contribution in [1.29, 1.82) is 0 Å². The Labute approximate surface area is 123 Å². The molecule has 0 saturated heterocycles. The molecule has 6 heteroatoms. The largest absolute Gasteiger partial charge is 0.346 e. The molecule has 2 amide bonds. The monoisotopic (exact) mass is 297 g/mol. The zero-order chi connectivity index (χ0) is 15.3. The van der Waals surface area contributed by atoms with Crippen molar-refractivity contribution in [3.05, 3.63) is 28.8 Å². The number of rotatable bonds is 5. The fourth-order valence-electron chi connectivity index (χ4n) is 1.56. The fraction of sp³-hybridized carbons (Fsp3) is 0.429. The number of aryl methyl sites for hydroxylation is 1. The maximum Gasteiger partial charge on any atom is 0.243 e. The Balaban J connectivity index is 2.55. The lowest BCUT2D eigenvalue weighted by molar-refractivity contribution is -0.125. The van der Waals surface area contributed by atoms with E-state index in [-0.39, 0.29) is 24.3 Å². The summed E-state index contributed by atoms with van der Waals surface area (Å²) in [6, 6.07) is 4.72. The third-order valence-corrected chi connectivity index (χ3v) is 3.25. The molecule has 1 atom stereocenters. The Hall–Kier alpha value is -1.59. The quantitative estimate of drug-likeness (QED) is 0.773. The summed E-state index contributed by atoms with van der Waals surface area (Å²) >= 11 is 6.01. The highest BCUT2D eigenvalue weighted by atomic mass is 35.5. The molecule has 0 saturated carbocycles. The van der Waals surface area contributed by atoms with Crippen LogP contribution in [0.4, 0.5) is 5.69 Å². The molecule has 0 aliphatic carbocycles. The molecule has 0 aliphatic rings. The first-order valence-electron chi connectivity index (χ1n) is 6.41. The van der Waals surface area contributed by atoms with E-state index in [0.717, 1.165) is 5.56 Å². The molecule has 1 aromatic rings. The number of anilines is 1. The molecule has 0 heterocycles. The summed E-state index contributed by atoms with van der Waals surface area (Å²) in [6.45, 7) is 5.40. The summed E-state index contributed by atoms with van der Waals surface area (Å²) in [5.41, 5.74) is 7.10. The minimum Gasteiger partial charge on any atom is -0.346 e. The second-order valence-electron chi connectivity index (χ2n) is 4.97. The zero-order valence-electron chi connectivity index (χ0n) is 11.9. The van der Waals surface area contributed by atoms with E-state index in [2.05, 4.69) is 10.6 Å². The molecule has 20 heavy (non-hydrogen) atoms. The molecule has 1 aromatic carbocycles. The fourth-order valence-corrected chi connectivity index (χ4v) is 1.83. The molecule has 110 valence electrons. The standard InChI is InChI=1S/C14H20ClN3O2/c1-8(2)12(16)14(20)17-7-11(19)18-13-9(3)5-4-6-10(13)15/h4-6,8,12H,7,16H2,1-3H3,(H,17,20)(H,18,19)/t12-/m0/s1. The van der Waals surface area contributed by atoms with Crippen LogP contribution in [0.15, 0.2) is 18.2 Å². The van der Waals surface area contributed by atoms with Crippen LogP contribution in [0.3, 0.4) is 0 Å². The topological polar surface area (TPSA) is 84.2 Å². The first kappa shape index (κ1) is 16.5. The van der Waals surface area contributed by atoms with Gasteiger partial charge in [0, 0.05) is 0 Å². The van der Waals surface area contributed by atoms with Gasteiger partial charge in [-0.25, -0.2) is 0 Å². The molecule has 0 spiro atoms. The van der Waals surface area contributed by atoms with E-state index in [1.54, 1.807) is 12.1 Å². The lowest BCUT2D eigenvalue weighted by Gasteiger charge is -2.15. The van der Waals surface area contributed by atoms with Crippen LogP contribution in [0.25, 0.3) is 0 Å². The number of nitrogens with one attached hydrogen (secondary N) is 2. The maximum atomic E-state index is 11.8. The van der Waals surface area contributed by atoms with Gasteiger partial charge >= 0.3 is 0 Å². The number of hydrogen-bond acceptors (Lipinski definition) is 3. The van der Waals surface area contributed by atoms with Gasteiger partial charge in [-0.1, -0.05) is 37.6 Å². The minimum absolute atomic E-state index is 0.0175. The molecule has 5 nitrogen and oxygen atoms in total. The van der Waals surface area contributed by atoms with Crippen molar-refractivity contribution in [3.63, 3.8) is 0 Å². The summed E-state index contributed by atoms with van der Waals surface area (Å²) in [5, 5.41) is 5.64. The van der Waals surface area contributed by atoms with Gasteiger partial charge in [0.25, 0.3) is 0 Å². The number of carbonyl (C=O) groups excluding carboxylic acids is 2. The molecule has 0 unspecified atom stereocenters. The Morgan fingerprint density at radius 1 is 1.35 bits per heavy atom. The van der Waals surface area contributed by atoms with Gasteiger partial charge < -0.3 is 16.4 Å². The van der Waals surface area contributed by atoms with Crippen LogP contribution in [0.2, 0.25) is 5.02 Å². The van der Waals surface area contributed by atoms with E-state index < -0.39 is 6.04 Å². The number of nitrogens with two attached hydrogens (primary N) is 1. The highest BCUT2D eigenvalue weighted by Gasteiger charge is 2.18. The number of para-hydroxylation sites is 1. The number of hydrogen-bond donors (Lipinski definition) is 3. The van der Waals surface area contributed by atoms with E-state index in [1.165, 1.54) is 0 Å². The lowest BCUT2D eigenvalue weighted by atomic mass is 10.1. The molecule has 0 aromatic heterocycles. The minimum atomic E-state index is -0.621. The van der Waals surface area contributed by atoms with Gasteiger partial charge in [-0.2, -0.15) is 0 Å². The zero-order valence-corrected chi connectivity index (χ0v) is 12.6. The second-order valence-corrected chi connectivity index (χ2v) is 5.37. The van der Waals surface area contributed by atoms with Gasteiger partial charge in [-0.05, 0) is 24.5 Å². The third kappa shape index (κ3) is 4.51. The predicted octanol–water partition coefficient (Wildman–Crippen LogP) is 1.69. The number of benzene rings is 1. The smallest absolute Gasteiger partial charge is 0.243 e. The summed E-state index contributed by atoms with van der Waals surface area (Å²) in [5.74, 6) is -0.666. The number of carbonyl (C=O) groups is 2. The average molecular weight is 298 g/mol. The van der Waals surface area contributed by atoms with Crippen molar-refractivity contribution in [2.24, 2.45) is 11.7 Å². The molecular weight excluding hydrogens is 278 g/mol. The van der Waals surface area contributed by atoms with E-state index in [0.29, 0.717) is 10.7 Å². The normalized spacial score (nSPS) is 12.1. The molecule has 1 rings (SSSR count). The molecule has 0 bridgehead atoms. The first-order chi connectivity index (χ1) is 9.32. The summed E-state index contributed by atoms with van der Waals surface area (Å²) in [4.78, 5) is 23.4. The van der Waals surface area contributed by atoms with Crippen molar-refractivity contribution in [3.8, 4) is 0 Å². The van der Waals surface area contributed by atoms with Crippen molar-refractivity contribution in [2.75, 3.05) is 11.9 Å². The van der Waals surface area contributed by atoms with Crippen LogP contribution in [-0.4, -0.2) is 24.4 Å². The van der Waals surface area contributed by atoms with Gasteiger partial charge in [0.05, 0.1) is 23.3 Å². The highest BCUT2D eigenvalue weighted by Crippen LogP contribution is 2.24. The second kappa shape index (κ2) is 7.26. The van der Waals surface area contributed by atoms with Crippen LogP contribution >= 0.6 is 11.6 Å². The first-order valence-corrected chi connectivity index (χ1v) is 6.79. The Morgan fingerprint density at radius 3 is 2.55 bits per heavy atom. The molecule has 0 aliphatic heterocycles. The van der Waals surface area contributed by atoms with E-state index >= 15 is 0 Å². The van der Waals surface area contributed by atoms with Crippen LogP contribution in [0.1, 0.15) is 19.4 Å². The Morgan fingerprint density at radius 2 is 2.00 bits per heavy atom. The Bertz CT molecular complexity index is 483. The maximum absolute atomic E-state index is 11.8. The predicted molar refractivity (Wildman–Crippen MR) is 80.6 cm³/mol. The molecule has 0 fully saturated rings. The lowest BCUT2D eigenvalue weighted by Crippen LogP contribution is -2.46. The van der Waals surface area contributed by atoms with Gasteiger partial charge in [0.1, 0.15) is 0 Å². The van der Waals surface area contributed by atoms with E-state index in [4.69, 9.17) is 17.3 Å². The van der Waals surface area contributed by atoms with Crippen LogP contribution in [0.5, 0.6) is 0 Å². The third-order valence-electron chi connectivity index (χ3n) is 2.93. The number of halogens is 1. The van der Waals surface area contributed by atoms with E-state index in [9.17, 15) is 9.59 Å². The molecule has 0 radical (unpaired) electrons. The molecular formula is C14H20ClN3O2. The average Bonchev–Trinajstić information content (AvgIpc) is 2.39. The van der Waals surface area contributed by atoms with Gasteiger partial charge in [0.2, 0.25) is 11.8 Å². The van der Waals surface area contributed by atoms with Gasteiger partial charge in [-0.3, -0.25) is 9.59 Å². The van der Waals surface area contributed by atoms with Gasteiger partial charge in [-0.15, -0.1) is 0 Å². The summed E-state index contributed by atoms with van der Waals surface area (Å²) < 4.78 is 0.